The number of aliphatic hydroxyl groups is 2. The molecule has 0 fully saturated rings. The highest BCUT2D eigenvalue weighted by Crippen LogP contribution is 2.18. The van der Waals surface area contributed by atoms with Crippen molar-refractivity contribution >= 4 is 11.9 Å². The molecule has 0 saturated carbocycles. The Morgan fingerprint density at radius 1 is 0.355 bits per heavy atom. The van der Waals surface area contributed by atoms with Gasteiger partial charge in [-0.3, -0.25) is 9.59 Å². The van der Waals surface area contributed by atoms with Crippen LogP contribution in [0.3, 0.4) is 0 Å². The molecule has 0 spiro atoms. The number of rotatable bonds is 64. The lowest BCUT2D eigenvalue weighted by molar-refractivity contribution is -0.143. The molecule has 0 saturated heterocycles. The molecular formula is C70H133NO5. The van der Waals surface area contributed by atoms with E-state index in [2.05, 4.69) is 43.5 Å². The van der Waals surface area contributed by atoms with Gasteiger partial charge in [0.25, 0.3) is 0 Å². The molecule has 1 amide bonds. The van der Waals surface area contributed by atoms with Gasteiger partial charge in [-0.15, -0.1) is 0 Å². The van der Waals surface area contributed by atoms with E-state index in [1.54, 1.807) is 6.08 Å². The van der Waals surface area contributed by atoms with Crippen LogP contribution in [0.15, 0.2) is 36.5 Å². The van der Waals surface area contributed by atoms with Crippen molar-refractivity contribution in [2.75, 3.05) is 13.2 Å². The Morgan fingerprint density at radius 2 is 0.618 bits per heavy atom. The molecule has 3 N–H and O–H groups in total. The minimum atomic E-state index is -0.850. The number of carbonyl (C=O) groups excluding carboxylic acids is 2. The molecule has 0 aliphatic heterocycles. The Hall–Kier alpha value is -1.92. The SMILES string of the molecule is CCCCCCCC/C=C\CCCCCCCCCC(=O)OCCCCCCCCCCCCC/C=C\CCCCCCCCCC(=O)NC(CO)C(O)/C=C/CCCCCCCCCCCCCCCCCCCC. The first-order valence-electron chi connectivity index (χ1n) is 34.3. The molecule has 6 nitrogen and oxygen atoms in total. The molecule has 0 aromatic heterocycles. The average molecular weight is 1070 g/mol. The van der Waals surface area contributed by atoms with Crippen molar-refractivity contribution in [3.63, 3.8) is 0 Å². The van der Waals surface area contributed by atoms with Gasteiger partial charge < -0.3 is 20.3 Å². The van der Waals surface area contributed by atoms with Crippen LogP contribution in [0.4, 0.5) is 0 Å². The quantitative estimate of drug-likeness (QED) is 0.0320. The zero-order valence-electron chi connectivity index (χ0n) is 51.3. The van der Waals surface area contributed by atoms with Gasteiger partial charge >= 0.3 is 5.97 Å². The molecular weight excluding hydrogens is 935 g/mol. The van der Waals surface area contributed by atoms with Crippen LogP contribution >= 0.6 is 0 Å². The Labute approximate surface area is 474 Å². The summed E-state index contributed by atoms with van der Waals surface area (Å²) in [4.78, 5) is 24.6. The predicted molar refractivity (Wildman–Crippen MR) is 333 cm³/mol. The van der Waals surface area contributed by atoms with Crippen LogP contribution in [0.1, 0.15) is 373 Å². The fraction of sp³-hybridized carbons (Fsp3) is 0.886. The Bertz CT molecular complexity index is 1230. The van der Waals surface area contributed by atoms with Gasteiger partial charge in [0.05, 0.1) is 25.4 Å². The van der Waals surface area contributed by atoms with E-state index in [1.165, 1.54) is 295 Å². The van der Waals surface area contributed by atoms with E-state index in [0.717, 1.165) is 51.4 Å². The first-order valence-corrected chi connectivity index (χ1v) is 34.3. The van der Waals surface area contributed by atoms with Gasteiger partial charge in [-0.2, -0.15) is 0 Å². The highest BCUT2D eigenvalue weighted by molar-refractivity contribution is 5.76. The first-order chi connectivity index (χ1) is 37.5. The van der Waals surface area contributed by atoms with Crippen molar-refractivity contribution in [1.82, 2.24) is 5.32 Å². The summed E-state index contributed by atoms with van der Waals surface area (Å²) in [5, 5.41) is 23.2. The van der Waals surface area contributed by atoms with Crippen LogP contribution in [0, 0.1) is 0 Å². The van der Waals surface area contributed by atoms with Crippen LogP contribution in [0.5, 0.6) is 0 Å². The molecule has 0 aliphatic rings. The molecule has 0 aromatic rings. The fourth-order valence-electron chi connectivity index (χ4n) is 10.6. The average Bonchev–Trinajstić information content (AvgIpc) is 3.42. The van der Waals surface area contributed by atoms with Gasteiger partial charge in [0.1, 0.15) is 0 Å². The number of ether oxygens (including phenoxy) is 1. The van der Waals surface area contributed by atoms with Gasteiger partial charge in [0.2, 0.25) is 5.91 Å². The smallest absolute Gasteiger partial charge is 0.305 e. The molecule has 0 aliphatic carbocycles. The largest absolute Gasteiger partial charge is 0.466 e. The van der Waals surface area contributed by atoms with E-state index in [0.29, 0.717) is 19.4 Å². The molecule has 0 heterocycles. The Kier molecular flexibility index (Phi) is 63.9. The lowest BCUT2D eigenvalue weighted by Gasteiger charge is -2.20. The third kappa shape index (κ3) is 61.3. The lowest BCUT2D eigenvalue weighted by atomic mass is 10.0. The van der Waals surface area contributed by atoms with Crippen LogP contribution in [0.25, 0.3) is 0 Å². The van der Waals surface area contributed by atoms with Gasteiger partial charge in [0.15, 0.2) is 0 Å². The molecule has 2 unspecified atom stereocenters. The maximum Gasteiger partial charge on any atom is 0.305 e. The van der Waals surface area contributed by atoms with E-state index in [1.807, 2.05) is 6.08 Å². The van der Waals surface area contributed by atoms with Gasteiger partial charge in [-0.05, 0) is 83.5 Å². The summed E-state index contributed by atoms with van der Waals surface area (Å²) >= 11 is 0. The normalized spacial score (nSPS) is 12.7. The third-order valence-electron chi connectivity index (χ3n) is 15.9. The van der Waals surface area contributed by atoms with Crippen LogP contribution in [-0.4, -0.2) is 47.4 Å². The molecule has 0 bridgehead atoms. The van der Waals surface area contributed by atoms with E-state index in [-0.39, 0.29) is 18.5 Å². The van der Waals surface area contributed by atoms with Crippen LogP contribution in [0.2, 0.25) is 0 Å². The zero-order chi connectivity index (χ0) is 55.0. The monoisotopic (exact) mass is 1070 g/mol. The highest BCUT2D eigenvalue weighted by Gasteiger charge is 2.18. The predicted octanol–water partition coefficient (Wildman–Crippen LogP) is 21.9. The van der Waals surface area contributed by atoms with Crippen molar-refractivity contribution in [3.05, 3.63) is 36.5 Å². The van der Waals surface area contributed by atoms with Crippen molar-refractivity contribution < 1.29 is 24.5 Å². The highest BCUT2D eigenvalue weighted by atomic mass is 16.5. The number of hydrogen-bond donors (Lipinski definition) is 3. The summed E-state index contributed by atoms with van der Waals surface area (Å²) in [6.07, 6.45) is 83.5. The summed E-state index contributed by atoms with van der Waals surface area (Å²) in [6, 6.07) is -0.634. The zero-order valence-corrected chi connectivity index (χ0v) is 51.3. The molecule has 2 atom stereocenters. The van der Waals surface area contributed by atoms with Crippen LogP contribution < -0.4 is 5.32 Å². The summed E-state index contributed by atoms with van der Waals surface area (Å²) < 4.78 is 5.50. The topological polar surface area (TPSA) is 95.9 Å². The molecule has 0 aromatic carbocycles. The maximum absolute atomic E-state index is 12.5. The van der Waals surface area contributed by atoms with Gasteiger partial charge in [-0.25, -0.2) is 0 Å². The number of hydrogen-bond acceptors (Lipinski definition) is 5. The first kappa shape index (κ1) is 74.1. The minimum Gasteiger partial charge on any atom is -0.466 e. The number of unbranched alkanes of at least 4 members (excludes halogenated alkanes) is 49. The summed E-state index contributed by atoms with van der Waals surface area (Å²) in [7, 11) is 0. The van der Waals surface area contributed by atoms with E-state index < -0.39 is 12.1 Å². The van der Waals surface area contributed by atoms with E-state index in [9.17, 15) is 19.8 Å². The maximum atomic E-state index is 12.5. The van der Waals surface area contributed by atoms with E-state index >= 15 is 0 Å². The number of nitrogens with one attached hydrogen (secondary N) is 1. The van der Waals surface area contributed by atoms with Crippen molar-refractivity contribution in [2.45, 2.75) is 386 Å². The number of aliphatic hydroxyl groups excluding tert-OH is 2. The molecule has 6 heteroatoms. The summed E-state index contributed by atoms with van der Waals surface area (Å²) in [6.45, 7) is 4.92. The van der Waals surface area contributed by atoms with Crippen molar-refractivity contribution in [3.8, 4) is 0 Å². The minimum absolute atomic E-state index is 0.00652. The van der Waals surface area contributed by atoms with Crippen molar-refractivity contribution in [2.24, 2.45) is 0 Å². The number of amides is 1. The molecule has 0 rings (SSSR count). The van der Waals surface area contributed by atoms with Crippen molar-refractivity contribution in [1.29, 1.82) is 0 Å². The molecule has 448 valence electrons. The Morgan fingerprint density at radius 3 is 0.934 bits per heavy atom. The second-order valence-electron chi connectivity index (χ2n) is 23.5. The number of carbonyl (C=O) groups is 2. The van der Waals surface area contributed by atoms with E-state index in [4.69, 9.17) is 4.74 Å². The third-order valence-corrected chi connectivity index (χ3v) is 15.9. The summed E-state index contributed by atoms with van der Waals surface area (Å²) in [5.74, 6) is -0.0655. The standard InChI is InChI=1S/C70H133NO5/c1-3-5-7-9-11-13-15-17-19-21-22-27-31-34-38-42-46-50-54-58-62-68(73)67(66-72)71-69(74)63-59-55-51-47-43-39-35-32-28-25-23-24-26-29-33-37-41-45-49-53-57-61-65-76-70(75)64-60-56-52-48-44-40-36-30-20-18-16-14-12-10-8-6-4-2/h18,20,25,28,58,62,67-68,72-73H,3-17,19,21-24,26-27,29-57,59-61,63-66H2,1-2H3,(H,71,74)/b20-18-,28-25-,62-58+. The summed E-state index contributed by atoms with van der Waals surface area (Å²) in [5.41, 5.74) is 0. The van der Waals surface area contributed by atoms with Crippen LogP contribution in [-0.2, 0) is 14.3 Å². The molecule has 76 heavy (non-hydrogen) atoms. The lowest BCUT2D eigenvalue weighted by Crippen LogP contribution is -2.45. The van der Waals surface area contributed by atoms with Gasteiger partial charge in [0, 0.05) is 12.8 Å². The number of allylic oxidation sites excluding steroid dienone is 5. The van der Waals surface area contributed by atoms with Gasteiger partial charge in [-0.1, -0.05) is 314 Å². The Balaban J connectivity index is 3.44. The number of esters is 1. The fourth-order valence-corrected chi connectivity index (χ4v) is 10.6. The second kappa shape index (κ2) is 65.6. The second-order valence-corrected chi connectivity index (χ2v) is 23.5. The molecule has 0 radical (unpaired) electrons.